The van der Waals surface area contributed by atoms with E-state index in [2.05, 4.69) is 10.6 Å². The Hall–Kier alpha value is -0.610. The summed E-state index contributed by atoms with van der Waals surface area (Å²) in [4.78, 5) is 11.9. The molecule has 1 atom stereocenters. The van der Waals surface area contributed by atoms with E-state index in [4.69, 9.17) is 4.74 Å². The van der Waals surface area contributed by atoms with Crippen molar-refractivity contribution in [2.24, 2.45) is 0 Å². The van der Waals surface area contributed by atoms with E-state index < -0.39 is 0 Å². The van der Waals surface area contributed by atoms with Crippen LogP contribution < -0.4 is 10.6 Å². The van der Waals surface area contributed by atoms with Gasteiger partial charge in [0.15, 0.2) is 0 Å². The van der Waals surface area contributed by atoms with E-state index in [0.717, 1.165) is 26.1 Å². The summed E-state index contributed by atoms with van der Waals surface area (Å²) in [5.74, 6) is 0.138. The molecule has 2 aliphatic rings. The minimum absolute atomic E-state index is 0.101. The molecule has 0 aromatic heterocycles. The Labute approximate surface area is 97.1 Å². The Morgan fingerprint density at radius 1 is 1.19 bits per heavy atom. The average Bonchev–Trinajstić information content (AvgIpc) is 2.24. The molecule has 1 aliphatic carbocycles. The molecule has 1 saturated heterocycles. The number of hydrogen-bond donors (Lipinski definition) is 2. The number of nitrogens with one attached hydrogen (secondary N) is 2. The van der Waals surface area contributed by atoms with Crippen LogP contribution in [-0.4, -0.2) is 37.2 Å². The highest BCUT2D eigenvalue weighted by Gasteiger charge is 2.24. The standard InChI is InChI=1S/C12H22N2O2/c1-9(13-11-7-16-8-11)12(15)14-10-5-3-2-4-6-10/h9-11,13H,2-8H2,1H3,(H,14,15). The first-order chi connectivity index (χ1) is 7.75. The van der Waals surface area contributed by atoms with Gasteiger partial charge in [0.25, 0.3) is 0 Å². The molecule has 1 amide bonds. The lowest BCUT2D eigenvalue weighted by atomic mass is 9.95. The number of carbonyl (C=O) groups is 1. The molecule has 2 N–H and O–H groups in total. The second-order valence-electron chi connectivity index (χ2n) is 4.97. The third-order valence-electron chi connectivity index (χ3n) is 3.47. The predicted octanol–water partition coefficient (Wildman–Crippen LogP) is 0.812. The Bertz CT molecular complexity index is 235. The van der Waals surface area contributed by atoms with Crippen LogP contribution >= 0.6 is 0 Å². The molecular weight excluding hydrogens is 204 g/mol. The molecule has 92 valence electrons. The first kappa shape index (κ1) is 11.9. The molecule has 0 aromatic carbocycles. The average molecular weight is 226 g/mol. The van der Waals surface area contributed by atoms with Crippen LogP contribution in [-0.2, 0) is 9.53 Å². The molecule has 1 heterocycles. The number of ether oxygens (including phenoxy) is 1. The highest BCUT2D eigenvalue weighted by Crippen LogP contribution is 2.17. The summed E-state index contributed by atoms with van der Waals surface area (Å²) >= 11 is 0. The van der Waals surface area contributed by atoms with Gasteiger partial charge in [-0.2, -0.15) is 0 Å². The van der Waals surface area contributed by atoms with Crippen LogP contribution in [0, 0.1) is 0 Å². The van der Waals surface area contributed by atoms with Crippen LogP contribution in [0.4, 0.5) is 0 Å². The van der Waals surface area contributed by atoms with Crippen molar-refractivity contribution in [1.29, 1.82) is 0 Å². The van der Waals surface area contributed by atoms with Gasteiger partial charge in [0, 0.05) is 6.04 Å². The van der Waals surface area contributed by atoms with Gasteiger partial charge < -0.3 is 10.1 Å². The molecule has 0 aromatic rings. The van der Waals surface area contributed by atoms with Crippen molar-refractivity contribution in [1.82, 2.24) is 10.6 Å². The zero-order valence-electron chi connectivity index (χ0n) is 10.00. The first-order valence-electron chi connectivity index (χ1n) is 6.40. The summed E-state index contributed by atoms with van der Waals surface area (Å²) < 4.78 is 5.07. The summed E-state index contributed by atoms with van der Waals surface area (Å²) in [7, 11) is 0. The molecule has 2 fully saturated rings. The molecule has 4 heteroatoms. The normalized spacial score (nSPS) is 24.8. The number of carbonyl (C=O) groups excluding carboxylic acids is 1. The fourth-order valence-corrected chi connectivity index (χ4v) is 2.33. The lowest BCUT2D eigenvalue weighted by Gasteiger charge is -2.31. The fraction of sp³-hybridized carbons (Fsp3) is 0.917. The van der Waals surface area contributed by atoms with Crippen LogP contribution in [0.15, 0.2) is 0 Å². The highest BCUT2D eigenvalue weighted by atomic mass is 16.5. The van der Waals surface area contributed by atoms with Gasteiger partial charge >= 0.3 is 0 Å². The van der Waals surface area contributed by atoms with Crippen molar-refractivity contribution in [3.8, 4) is 0 Å². The summed E-state index contributed by atoms with van der Waals surface area (Å²) in [6, 6.07) is 0.672. The first-order valence-corrected chi connectivity index (χ1v) is 6.40. The van der Waals surface area contributed by atoms with Crippen molar-refractivity contribution >= 4 is 5.91 Å². The van der Waals surface area contributed by atoms with Crippen LogP contribution in [0.1, 0.15) is 39.0 Å². The molecule has 1 unspecified atom stereocenters. The Morgan fingerprint density at radius 3 is 2.44 bits per heavy atom. The lowest BCUT2D eigenvalue weighted by molar-refractivity contribution is -0.124. The number of hydrogen-bond acceptors (Lipinski definition) is 3. The van der Waals surface area contributed by atoms with Crippen molar-refractivity contribution in [2.45, 2.75) is 57.2 Å². The molecule has 0 bridgehead atoms. The maximum absolute atomic E-state index is 11.9. The lowest BCUT2D eigenvalue weighted by Crippen LogP contribution is -2.55. The quantitative estimate of drug-likeness (QED) is 0.746. The van der Waals surface area contributed by atoms with Crippen molar-refractivity contribution < 1.29 is 9.53 Å². The molecule has 1 aliphatic heterocycles. The zero-order chi connectivity index (χ0) is 11.4. The van der Waals surface area contributed by atoms with Crippen LogP contribution in [0.5, 0.6) is 0 Å². The van der Waals surface area contributed by atoms with E-state index in [1.807, 2.05) is 6.92 Å². The maximum atomic E-state index is 11.9. The molecule has 2 rings (SSSR count). The van der Waals surface area contributed by atoms with Crippen LogP contribution in [0.2, 0.25) is 0 Å². The van der Waals surface area contributed by atoms with Crippen molar-refractivity contribution in [3.63, 3.8) is 0 Å². The molecule has 1 saturated carbocycles. The van der Waals surface area contributed by atoms with E-state index in [-0.39, 0.29) is 11.9 Å². The Morgan fingerprint density at radius 2 is 1.88 bits per heavy atom. The van der Waals surface area contributed by atoms with Gasteiger partial charge in [0.1, 0.15) is 0 Å². The zero-order valence-corrected chi connectivity index (χ0v) is 10.00. The second kappa shape index (κ2) is 5.64. The predicted molar refractivity (Wildman–Crippen MR) is 62.2 cm³/mol. The summed E-state index contributed by atoms with van der Waals surface area (Å²) in [5.41, 5.74) is 0. The number of rotatable bonds is 4. The van der Waals surface area contributed by atoms with E-state index in [0.29, 0.717) is 12.1 Å². The largest absolute Gasteiger partial charge is 0.378 e. The van der Waals surface area contributed by atoms with Gasteiger partial charge in [-0.3, -0.25) is 10.1 Å². The van der Waals surface area contributed by atoms with E-state index in [1.54, 1.807) is 0 Å². The summed E-state index contributed by atoms with van der Waals surface area (Å²) in [5, 5.41) is 6.40. The number of amides is 1. The molecule has 0 radical (unpaired) electrons. The van der Waals surface area contributed by atoms with Crippen molar-refractivity contribution in [2.75, 3.05) is 13.2 Å². The minimum Gasteiger partial charge on any atom is -0.378 e. The summed E-state index contributed by atoms with van der Waals surface area (Å²) in [6.07, 6.45) is 6.11. The van der Waals surface area contributed by atoms with Gasteiger partial charge in [-0.1, -0.05) is 19.3 Å². The third kappa shape index (κ3) is 3.19. The minimum atomic E-state index is -0.101. The Kier molecular flexibility index (Phi) is 4.18. The molecule has 4 nitrogen and oxygen atoms in total. The second-order valence-corrected chi connectivity index (χ2v) is 4.97. The van der Waals surface area contributed by atoms with Gasteiger partial charge in [-0.15, -0.1) is 0 Å². The third-order valence-corrected chi connectivity index (χ3v) is 3.47. The Balaban J connectivity index is 1.68. The highest BCUT2D eigenvalue weighted by molar-refractivity contribution is 5.81. The smallest absolute Gasteiger partial charge is 0.237 e. The molecule has 16 heavy (non-hydrogen) atoms. The molecule has 0 spiro atoms. The van der Waals surface area contributed by atoms with Gasteiger partial charge in [0.05, 0.1) is 25.3 Å². The van der Waals surface area contributed by atoms with Gasteiger partial charge in [0.2, 0.25) is 5.91 Å². The van der Waals surface area contributed by atoms with E-state index in [1.165, 1.54) is 19.3 Å². The van der Waals surface area contributed by atoms with Crippen LogP contribution in [0.25, 0.3) is 0 Å². The topological polar surface area (TPSA) is 50.4 Å². The summed E-state index contributed by atoms with van der Waals surface area (Å²) in [6.45, 7) is 3.40. The monoisotopic (exact) mass is 226 g/mol. The fourth-order valence-electron chi connectivity index (χ4n) is 2.33. The van der Waals surface area contributed by atoms with Crippen molar-refractivity contribution in [3.05, 3.63) is 0 Å². The van der Waals surface area contributed by atoms with Gasteiger partial charge in [-0.25, -0.2) is 0 Å². The maximum Gasteiger partial charge on any atom is 0.237 e. The van der Waals surface area contributed by atoms with Gasteiger partial charge in [-0.05, 0) is 19.8 Å². The van der Waals surface area contributed by atoms with E-state index >= 15 is 0 Å². The van der Waals surface area contributed by atoms with E-state index in [9.17, 15) is 4.79 Å². The SMILES string of the molecule is CC(NC1COC1)C(=O)NC1CCCCC1. The van der Waals surface area contributed by atoms with Crippen LogP contribution in [0.3, 0.4) is 0 Å². The molecular formula is C12H22N2O2.